The smallest absolute Gasteiger partial charge is 0.257 e. The summed E-state index contributed by atoms with van der Waals surface area (Å²) in [6.07, 6.45) is 3.36. The highest BCUT2D eigenvalue weighted by atomic mass is 16.1. The fourth-order valence-corrected chi connectivity index (χ4v) is 2.93. The lowest BCUT2D eigenvalue weighted by Crippen LogP contribution is -2.12. The Labute approximate surface area is 158 Å². The Morgan fingerprint density at radius 2 is 1.19 bits per heavy atom. The highest BCUT2D eigenvalue weighted by Gasteiger charge is 2.09. The summed E-state index contributed by atoms with van der Waals surface area (Å²) in [5.74, 6) is -0.170. The topological polar surface area (TPSA) is 42.0 Å². The van der Waals surface area contributed by atoms with E-state index in [1.165, 1.54) is 5.56 Å². The Hall–Kier alpha value is -3.72. The van der Waals surface area contributed by atoms with E-state index >= 15 is 0 Å². The molecule has 27 heavy (non-hydrogen) atoms. The molecule has 0 fully saturated rings. The molecular weight excluding hydrogens is 332 g/mol. The summed E-state index contributed by atoms with van der Waals surface area (Å²) in [4.78, 5) is 16.7. The zero-order valence-electron chi connectivity index (χ0n) is 14.7. The van der Waals surface area contributed by atoms with E-state index in [1.54, 1.807) is 12.4 Å². The normalized spacial score (nSPS) is 10.4. The number of nitrogens with one attached hydrogen (secondary N) is 1. The minimum atomic E-state index is -0.170. The Kier molecular flexibility index (Phi) is 4.75. The standard InChI is InChI=1S/C24H18N2O/c27-24(26-23-9-5-2-6-10-23)22-15-21(16-25-17-22)20-13-11-19(12-14-20)18-7-3-1-4-8-18/h1-17H,(H,26,27). The van der Waals surface area contributed by atoms with Gasteiger partial charge in [-0.25, -0.2) is 0 Å². The number of nitrogens with zero attached hydrogens (tertiary/aromatic N) is 1. The van der Waals surface area contributed by atoms with E-state index in [2.05, 4.69) is 46.7 Å². The molecule has 3 aromatic carbocycles. The lowest BCUT2D eigenvalue weighted by atomic mass is 10.0. The zero-order valence-corrected chi connectivity index (χ0v) is 14.7. The maximum absolute atomic E-state index is 12.5. The van der Waals surface area contributed by atoms with Gasteiger partial charge in [0.1, 0.15) is 0 Å². The molecule has 3 heteroatoms. The fraction of sp³-hybridized carbons (Fsp3) is 0. The predicted octanol–water partition coefficient (Wildman–Crippen LogP) is 5.67. The van der Waals surface area contributed by atoms with Gasteiger partial charge in [-0.3, -0.25) is 9.78 Å². The lowest BCUT2D eigenvalue weighted by molar-refractivity contribution is 0.102. The van der Waals surface area contributed by atoms with Gasteiger partial charge in [0.15, 0.2) is 0 Å². The van der Waals surface area contributed by atoms with Crippen molar-refractivity contribution in [2.24, 2.45) is 0 Å². The number of hydrogen-bond donors (Lipinski definition) is 1. The van der Waals surface area contributed by atoms with Crippen LogP contribution in [0.1, 0.15) is 10.4 Å². The molecule has 0 saturated heterocycles. The summed E-state index contributed by atoms with van der Waals surface area (Å²) >= 11 is 0. The van der Waals surface area contributed by atoms with E-state index in [0.717, 1.165) is 22.4 Å². The van der Waals surface area contributed by atoms with Crippen molar-refractivity contribution < 1.29 is 4.79 Å². The number of aromatic nitrogens is 1. The van der Waals surface area contributed by atoms with Gasteiger partial charge in [-0.15, -0.1) is 0 Å². The van der Waals surface area contributed by atoms with Crippen LogP contribution < -0.4 is 5.32 Å². The Balaban J connectivity index is 1.56. The molecule has 1 N–H and O–H groups in total. The van der Waals surface area contributed by atoms with Gasteiger partial charge in [0.25, 0.3) is 5.91 Å². The van der Waals surface area contributed by atoms with Crippen LogP contribution >= 0.6 is 0 Å². The first-order valence-electron chi connectivity index (χ1n) is 8.77. The molecule has 1 amide bonds. The van der Waals surface area contributed by atoms with Crippen LogP contribution in [-0.4, -0.2) is 10.9 Å². The zero-order chi connectivity index (χ0) is 18.5. The third-order valence-electron chi connectivity index (χ3n) is 4.36. The molecule has 3 nitrogen and oxygen atoms in total. The molecule has 0 spiro atoms. The van der Waals surface area contributed by atoms with Crippen molar-refractivity contribution in [2.45, 2.75) is 0 Å². The van der Waals surface area contributed by atoms with Crippen molar-refractivity contribution in [2.75, 3.05) is 5.32 Å². The van der Waals surface area contributed by atoms with E-state index in [0.29, 0.717) is 5.56 Å². The van der Waals surface area contributed by atoms with Crippen molar-refractivity contribution in [3.63, 3.8) is 0 Å². The lowest BCUT2D eigenvalue weighted by Gasteiger charge is -2.08. The van der Waals surface area contributed by atoms with Gasteiger partial charge in [-0.1, -0.05) is 72.8 Å². The second-order valence-electron chi connectivity index (χ2n) is 6.23. The van der Waals surface area contributed by atoms with Gasteiger partial charge in [0.05, 0.1) is 5.56 Å². The Bertz CT molecular complexity index is 1040. The molecule has 4 aromatic rings. The Morgan fingerprint density at radius 1 is 0.630 bits per heavy atom. The average Bonchev–Trinajstić information content (AvgIpc) is 2.75. The van der Waals surface area contributed by atoms with Crippen LogP contribution in [0.25, 0.3) is 22.3 Å². The minimum Gasteiger partial charge on any atom is -0.322 e. The molecule has 1 heterocycles. The van der Waals surface area contributed by atoms with Gasteiger partial charge in [-0.05, 0) is 34.9 Å². The first kappa shape index (κ1) is 16.7. The van der Waals surface area contributed by atoms with Crippen molar-refractivity contribution in [3.05, 3.63) is 109 Å². The first-order valence-corrected chi connectivity index (χ1v) is 8.77. The number of carbonyl (C=O) groups is 1. The summed E-state index contributed by atoms with van der Waals surface area (Å²) in [6.45, 7) is 0. The third-order valence-corrected chi connectivity index (χ3v) is 4.36. The number of hydrogen-bond acceptors (Lipinski definition) is 2. The van der Waals surface area contributed by atoms with Gasteiger partial charge >= 0.3 is 0 Å². The summed E-state index contributed by atoms with van der Waals surface area (Å²) in [5, 5.41) is 2.89. The molecule has 0 aliphatic rings. The third kappa shape index (κ3) is 3.93. The molecule has 0 bridgehead atoms. The minimum absolute atomic E-state index is 0.170. The van der Waals surface area contributed by atoms with Crippen LogP contribution in [0, 0.1) is 0 Å². The number of anilines is 1. The fourth-order valence-electron chi connectivity index (χ4n) is 2.93. The van der Waals surface area contributed by atoms with E-state index in [4.69, 9.17) is 0 Å². The SMILES string of the molecule is O=C(Nc1ccccc1)c1cncc(-c2ccc(-c3ccccc3)cc2)c1. The predicted molar refractivity (Wildman–Crippen MR) is 110 cm³/mol. The summed E-state index contributed by atoms with van der Waals surface area (Å²) in [7, 11) is 0. The second kappa shape index (κ2) is 7.67. The molecule has 0 unspecified atom stereocenters. The van der Waals surface area contributed by atoms with Crippen molar-refractivity contribution in [3.8, 4) is 22.3 Å². The maximum Gasteiger partial charge on any atom is 0.257 e. The molecular formula is C24H18N2O. The van der Waals surface area contributed by atoms with Crippen LogP contribution in [-0.2, 0) is 0 Å². The summed E-state index contributed by atoms with van der Waals surface area (Å²) < 4.78 is 0. The largest absolute Gasteiger partial charge is 0.322 e. The van der Waals surface area contributed by atoms with Crippen LogP contribution in [0.4, 0.5) is 5.69 Å². The van der Waals surface area contributed by atoms with Crippen LogP contribution in [0.5, 0.6) is 0 Å². The molecule has 0 radical (unpaired) electrons. The number of rotatable bonds is 4. The molecule has 0 aliphatic carbocycles. The summed E-state index contributed by atoms with van der Waals surface area (Å²) in [6, 6.07) is 29.8. The average molecular weight is 350 g/mol. The number of benzene rings is 3. The van der Waals surface area contributed by atoms with Crippen LogP contribution in [0.3, 0.4) is 0 Å². The molecule has 130 valence electrons. The second-order valence-corrected chi connectivity index (χ2v) is 6.23. The highest BCUT2D eigenvalue weighted by Crippen LogP contribution is 2.25. The van der Waals surface area contributed by atoms with E-state index < -0.39 is 0 Å². The molecule has 0 atom stereocenters. The number of carbonyl (C=O) groups excluding carboxylic acids is 1. The Morgan fingerprint density at radius 3 is 1.85 bits per heavy atom. The molecule has 0 saturated carbocycles. The molecule has 4 rings (SSSR count). The van der Waals surface area contributed by atoms with E-state index in [-0.39, 0.29) is 5.91 Å². The van der Waals surface area contributed by atoms with Crippen LogP contribution in [0.15, 0.2) is 103 Å². The van der Waals surface area contributed by atoms with Crippen molar-refractivity contribution in [1.29, 1.82) is 0 Å². The molecule has 1 aromatic heterocycles. The van der Waals surface area contributed by atoms with Gasteiger partial charge < -0.3 is 5.32 Å². The van der Waals surface area contributed by atoms with Crippen molar-refractivity contribution >= 4 is 11.6 Å². The van der Waals surface area contributed by atoms with E-state index in [9.17, 15) is 4.79 Å². The van der Waals surface area contributed by atoms with Crippen LogP contribution in [0.2, 0.25) is 0 Å². The molecule has 0 aliphatic heterocycles. The monoisotopic (exact) mass is 350 g/mol. The van der Waals surface area contributed by atoms with E-state index in [1.807, 2.05) is 54.6 Å². The maximum atomic E-state index is 12.5. The number of para-hydroxylation sites is 1. The quantitative estimate of drug-likeness (QED) is 0.515. The number of pyridine rings is 1. The first-order chi connectivity index (χ1) is 13.3. The number of amides is 1. The highest BCUT2D eigenvalue weighted by molar-refractivity contribution is 6.04. The van der Waals surface area contributed by atoms with Gasteiger partial charge in [-0.2, -0.15) is 0 Å². The van der Waals surface area contributed by atoms with Gasteiger partial charge in [0, 0.05) is 23.6 Å². The summed E-state index contributed by atoms with van der Waals surface area (Å²) in [5.41, 5.74) is 5.57. The van der Waals surface area contributed by atoms with Gasteiger partial charge in [0.2, 0.25) is 0 Å². The van der Waals surface area contributed by atoms with Crippen molar-refractivity contribution in [1.82, 2.24) is 4.98 Å².